The molecule has 28 heavy (non-hydrogen) atoms. The van der Waals surface area contributed by atoms with E-state index in [1.165, 1.54) is 6.07 Å². The first-order valence-corrected chi connectivity index (χ1v) is 10.1. The minimum Gasteiger partial charge on any atom is -0.490 e. The predicted molar refractivity (Wildman–Crippen MR) is 106 cm³/mol. The van der Waals surface area contributed by atoms with Gasteiger partial charge in [0.25, 0.3) is 0 Å². The van der Waals surface area contributed by atoms with Crippen LogP contribution in [0.4, 0.5) is 8.78 Å². The van der Waals surface area contributed by atoms with Crippen LogP contribution in [0.1, 0.15) is 30.9 Å². The third kappa shape index (κ3) is 3.33. The van der Waals surface area contributed by atoms with Crippen LogP contribution in [0, 0.1) is 17.6 Å². The first kappa shape index (κ1) is 19.4. The molecule has 5 heteroatoms. The van der Waals surface area contributed by atoms with E-state index in [4.69, 9.17) is 21.1 Å². The van der Waals surface area contributed by atoms with Crippen molar-refractivity contribution in [1.82, 2.24) is 0 Å². The van der Waals surface area contributed by atoms with E-state index in [-0.39, 0.29) is 17.8 Å². The SMILES string of the molecule is CC/C=C/[C@@H]1OCC[C@@]2(Cc3ccc(Cl)cc3)c3c(F)ccc(F)c3OC[C@@H]12. The van der Waals surface area contributed by atoms with Crippen LogP contribution in [0.3, 0.4) is 0 Å². The molecule has 2 aliphatic rings. The fourth-order valence-corrected chi connectivity index (χ4v) is 4.73. The van der Waals surface area contributed by atoms with Crippen molar-refractivity contribution in [3.05, 3.63) is 76.3 Å². The Labute approximate surface area is 169 Å². The largest absolute Gasteiger partial charge is 0.490 e. The van der Waals surface area contributed by atoms with E-state index >= 15 is 4.39 Å². The molecule has 2 aromatic carbocycles. The van der Waals surface area contributed by atoms with Gasteiger partial charge >= 0.3 is 0 Å². The number of hydrogen-bond donors (Lipinski definition) is 0. The molecule has 0 N–H and O–H groups in total. The minimum atomic E-state index is -0.603. The normalized spacial score (nSPS) is 26.6. The first-order chi connectivity index (χ1) is 13.5. The van der Waals surface area contributed by atoms with E-state index in [9.17, 15) is 4.39 Å². The van der Waals surface area contributed by atoms with Gasteiger partial charge in [-0.2, -0.15) is 0 Å². The number of hydrogen-bond acceptors (Lipinski definition) is 2. The van der Waals surface area contributed by atoms with Gasteiger partial charge in [-0.1, -0.05) is 42.8 Å². The van der Waals surface area contributed by atoms with Gasteiger partial charge in [-0.3, -0.25) is 0 Å². The summed E-state index contributed by atoms with van der Waals surface area (Å²) in [7, 11) is 0. The molecule has 2 nitrogen and oxygen atoms in total. The molecule has 3 atom stereocenters. The van der Waals surface area contributed by atoms with Crippen LogP contribution in [0.15, 0.2) is 48.6 Å². The van der Waals surface area contributed by atoms with Gasteiger partial charge in [0.15, 0.2) is 11.6 Å². The molecule has 1 fully saturated rings. The van der Waals surface area contributed by atoms with Gasteiger partial charge in [0, 0.05) is 28.5 Å². The highest BCUT2D eigenvalue weighted by Gasteiger charge is 2.53. The highest BCUT2D eigenvalue weighted by Crippen LogP contribution is 2.52. The maximum absolute atomic E-state index is 15.1. The Bertz CT molecular complexity index is 881. The van der Waals surface area contributed by atoms with Crippen LogP contribution < -0.4 is 4.74 Å². The molecular weight excluding hydrogens is 382 g/mol. The Balaban J connectivity index is 1.86. The zero-order chi connectivity index (χ0) is 19.7. The highest BCUT2D eigenvalue weighted by atomic mass is 35.5. The van der Waals surface area contributed by atoms with E-state index in [1.807, 2.05) is 30.3 Å². The Hall–Kier alpha value is -1.91. The Morgan fingerprint density at radius 2 is 1.89 bits per heavy atom. The zero-order valence-electron chi connectivity index (χ0n) is 15.8. The second-order valence-corrected chi connectivity index (χ2v) is 7.97. The van der Waals surface area contributed by atoms with Crippen molar-refractivity contribution in [3.8, 4) is 5.75 Å². The number of halogens is 3. The lowest BCUT2D eigenvalue weighted by molar-refractivity contribution is -0.0734. The van der Waals surface area contributed by atoms with Crippen LogP contribution in [0.25, 0.3) is 0 Å². The molecular formula is C23H23ClF2O2. The summed E-state index contributed by atoms with van der Waals surface area (Å²) in [6.45, 7) is 2.83. The second kappa shape index (κ2) is 7.84. The zero-order valence-corrected chi connectivity index (χ0v) is 16.5. The van der Waals surface area contributed by atoms with E-state index in [0.29, 0.717) is 36.6 Å². The molecule has 2 aromatic rings. The van der Waals surface area contributed by atoms with Crippen LogP contribution in [0.2, 0.25) is 5.02 Å². The van der Waals surface area contributed by atoms with E-state index in [2.05, 4.69) is 13.0 Å². The third-order valence-electron chi connectivity index (χ3n) is 5.92. The average molecular weight is 405 g/mol. The van der Waals surface area contributed by atoms with Crippen molar-refractivity contribution < 1.29 is 18.3 Å². The summed E-state index contributed by atoms with van der Waals surface area (Å²) in [5.41, 5.74) is 0.775. The molecule has 0 spiro atoms. The Kier molecular flexibility index (Phi) is 5.44. The molecule has 2 heterocycles. The third-order valence-corrected chi connectivity index (χ3v) is 6.18. The number of rotatable bonds is 4. The summed E-state index contributed by atoms with van der Waals surface area (Å²) in [6, 6.07) is 9.91. The number of allylic oxidation sites excluding steroid dienone is 1. The van der Waals surface area contributed by atoms with Crippen molar-refractivity contribution in [2.45, 2.75) is 37.7 Å². The van der Waals surface area contributed by atoms with Crippen LogP contribution in [0.5, 0.6) is 5.75 Å². The fraction of sp³-hybridized carbons (Fsp3) is 0.391. The number of fused-ring (bicyclic) bond motifs is 3. The summed E-state index contributed by atoms with van der Waals surface area (Å²) in [5.74, 6) is -0.999. The molecule has 2 aliphatic heterocycles. The molecule has 1 saturated heterocycles. The van der Waals surface area contributed by atoms with Crippen molar-refractivity contribution in [2.75, 3.05) is 13.2 Å². The monoisotopic (exact) mass is 404 g/mol. The summed E-state index contributed by atoms with van der Waals surface area (Å²) in [5, 5.41) is 0.651. The molecule has 0 aliphatic carbocycles. The molecule has 4 rings (SSSR count). The Morgan fingerprint density at radius 1 is 1.14 bits per heavy atom. The average Bonchev–Trinajstić information content (AvgIpc) is 2.70. The molecule has 0 aromatic heterocycles. The highest BCUT2D eigenvalue weighted by molar-refractivity contribution is 6.30. The lowest BCUT2D eigenvalue weighted by Crippen LogP contribution is -2.54. The van der Waals surface area contributed by atoms with Crippen molar-refractivity contribution in [3.63, 3.8) is 0 Å². The van der Waals surface area contributed by atoms with Gasteiger partial charge in [0.2, 0.25) is 0 Å². The number of benzene rings is 2. The summed E-state index contributed by atoms with van der Waals surface area (Å²) in [4.78, 5) is 0. The van der Waals surface area contributed by atoms with E-state index in [0.717, 1.165) is 18.1 Å². The molecule has 0 bridgehead atoms. The Morgan fingerprint density at radius 3 is 2.64 bits per heavy atom. The summed E-state index contributed by atoms with van der Waals surface area (Å²) < 4.78 is 41.4. The molecule has 0 amide bonds. The lowest BCUT2D eigenvalue weighted by Gasteiger charge is -2.50. The van der Waals surface area contributed by atoms with Crippen LogP contribution in [-0.4, -0.2) is 19.3 Å². The first-order valence-electron chi connectivity index (χ1n) is 9.69. The van der Waals surface area contributed by atoms with Gasteiger partial charge in [-0.05, 0) is 49.1 Å². The van der Waals surface area contributed by atoms with Crippen LogP contribution in [-0.2, 0) is 16.6 Å². The van der Waals surface area contributed by atoms with Gasteiger partial charge < -0.3 is 9.47 Å². The van der Waals surface area contributed by atoms with Gasteiger partial charge in [-0.25, -0.2) is 8.78 Å². The van der Waals surface area contributed by atoms with Gasteiger partial charge in [0.1, 0.15) is 5.82 Å². The molecule has 148 valence electrons. The maximum atomic E-state index is 15.1. The number of ether oxygens (including phenoxy) is 2. The van der Waals surface area contributed by atoms with E-state index in [1.54, 1.807) is 0 Å². The summed E-state index contributed by atoms with van der Waals surface area (Å²) >= 11 is 6.04. The van der Waals surface area contributed by atoms with Crippen molar-refractivity contribution in [2.24, 2.45) is 5.92 Å². The lowest BCUT2D eigenvalue weighted by atomic mass is 9.60. The van der Waals surface area contributed by atoms with Crippen molar-refractivity contribution in [1.29, 1.82) is 0 Å². The molecule has 0 unspecified atom stereocenters. The second-order valence-electron chi connectivity index (χ2n) is 7.53. The predicted octanol–water partition coefficient (Wildman–Crippen LogP) is 5.86. The summed E-state index contributed by atoms with van der Waals surface area (Å²) in [6.07, 6.45) is 5.96. The molecule has 0 saturated carbocycles. The smallest absolute Gasteiger partial charge is 0.165 e. The van der Waals surface area contributed by atoms with Gasteiger partial charge in [-0.15, -0.1) is 0 Å². The van der Waals surface area contributed by atoms with E-state index < -0.39 is 17.0 Å². The van der Waals surface area contributed by atoms with Crippen molar-refractivity contribution >= 4 is 11.6 Å². The van der Waals surface area contributed by atoms with Gasteiger partial charge in [0.05, 0.1) is 12.7 Å². The topological polar surface area (TPSA) is 18.5 Å². The molecule has 0 radical (unpaired) electrons. The maximum Gasteiger partial charge on any atom is 0.165 e. The quantitative estimate of drug-likeness (QED) is 0.594. The fourth-order valence-electron chi connectivity index (χ4n) is 4.60. The van der Waals surface area contributed by atoms with Crippen LogP contribution >= 0.6 is 11.6 Å². The standard InChI is InChI=1S/C23H23ClF2O2/c1-2-3-4-20-17-14-28-22-19(26)10-9-18(25)21(22)23(17,11-12-27-20)13-15-5-7-16(24)8-6-15/h3-10,17,20H,2,11-14H2,1H3/b4-3+/t17-,20-,23-/m0/s1. The minimum absolute atomic E-state index is 0.0466.